The maximum Gasteiger partial charge on any atom is 0.251 e. The molecule has 7 heteroatoms. The number of amides is 2. The predicted molar refractivity (Wildman–Crippen MR) is 117 cm³/mol. The highest BCUT2D eigenvalue weighted by Gasteiger charge is 2.13. The van der Waals surface area contributed by atoms with Crippen LogP contribution < -0.4 is 10.6 Å². The second kappa shape index (κ2) is 10.6. The molecule has 3 aromatic rings. The van der Waals surface area contributed by atoms with Crippen molar-refractivity contribution in [2.45, 2.75) is 19.5 Å². The van der Waals surface area contributed by atoms with Crippen molar-refractivity contribution in [1.29, 1.82) is 0 Å². The van der Waals surface area contributed by atoms with Crippen molar-refractivity contribution in [3.05, 3.63) is 88.8 Å². The van der Waals surface area contributed by atoms with Crippen molar-refractivity contribution in [2.75, 3.05) is 18.9 Å². The molecule has 6 nitrogen and oxygen atoms in total. The van der Waals surface area contributed by atoms with Gasteiger partial charge in [0.2, 0.25) is 5.91 Å². The van der Waals surface area contributed by atoms with Crippen LogP contribution in [0.4, 0.5) is 5.69 Å². The molecule has 0 bridgehead atoms. The number of halogens is 1. The Bertz CT molecular complexity index is 972. The zero-order chi connectivity index (χ0) is 21.3. The molecule has 0 aliphatic rings. The molecule has 0 saturated heterocycles. The Hall–Kier alpha value is -3.09. The van der Waals surface area contributed by atoms with Gasteiger partial charge in [0.1, 0.15) is 5.76 Å². The van der Waals surface area contributed by atoms with Crippen LogP contribution in [0, 0.1) is 0 Å². The van der Waals surface area contributed by atoms with E-state index < -0.39 is 0 Å². The fraction of sp³-hybridized carbons (Fsp3) is 0.217. The number of anilines is 1. The highest BCUT2D eigenvalue weighted by Crippen LogP contribution is 2.20. The molecular formula is C23H24ClN3O3. The van der Waals surface area contributed by atoms with E-state index in [4.69, 9.17) is 16.0 Å². The van der Waals surface area contributed by atoms with Gasteiger partial charge in [-0.2, -0.15) is 0 Å². The number of hydrogen-bond acceptors (Lipinski definition) is 4. The van der Waals surface area contributed by atoms with Gasteiger partial charge in [0, 0.05) is 32.1 Å². The van der Waals surface area contributed by atoms with Gasteiger partial charge in [0.15, 0.2) is 0 Å². The lowest BCUT2D eigenvalue weighted by molar-refractivity contribution is -0.116. The smallest absolute Gasteiger partial charge is 0.251 e. The number of furan rings is 1. The molecule has 2 aromatic carbocycles. The number of benzene rings is 2. The molecule has 0 aliphatic carbocycles. The van der Waals surface area contributed by atoms with Gasteiger partial charge in [-0.05, 0) is 42.0 Å². The van der Waals surface area contributed by atoms with Gasteiger partial charge >= 0.3 is 0 Å². The highest BCUT2D eigenvalue weighted by molar-refractivity contribution is 6.33. The summed E-state index contributed by atoms with van der Waals surface area (Å²) in [6.45, 7) is 1.73. The normalized spacial score (nSPS) is 10.8. The molecule has 2 amide bonds. The molecule has 1 aromatic heterocycles. The van der Waals surface area contributed by atoms with E-state index in [2.05, 4.69) is 15.5 Å². The lowest BCUT2D eigenvalue weighted by atomic mass is 10.1. The first-order valence-electron chi connectivity index (χ1n) is 9.65. The molecule has 30 heavy (non-hydrogen) atoms. The number of para-hydroxylation sites is 1. The lowest BCUT2D eigenvalue weighted by Gasteiger charge is -2.21. The van der Waals surface area contributed by atoms with Gasteiger partial charge < -0.3 is 15.1 Å². The molecular weight excluding hydrogens is 402 g/mol. The minimum Gasteiger partial charge on any atom is -0.468 e. The van der Waals surface area contributed by atoms with Crippen LogP contribution in [0.15, 0.2) is 71.3 Å². The SMILES string of the molecule is CNC(=O)c1ccc(CN(CCC(=O)Nc2ccccc2Cl)Cc2ccco2)cc1. The Morgan fingerprint density at radius 2 is 1.77 bits per heavy atom. The average Bonchev–Trinajstić information content (AvgIpc) is 3.27. The summed E-state index contributed by atoms with van der Waals surface area (Å²) in [5.74, 6) is 0.594. The van der Waals surface area contributed by atoms with Crippen LogP contribution in [0.5, 0.6) is 0 Å². The molecule has 0 atom stereocenters. The second-order valence-electron chi connectivity index (χ2n) is 6.84. The fourth-order valence-corrected chi connectivity index (χ4v) is 3.22. The number of hydrogen-bond donors (Lipinski definition) is 2. The molecule has 0 spiro atoms. The third-order valence-electron chi connectivity index (χ3n) is 4.61. The van der Waals surface area contributed by atoms with E-state index in [0.717, 1.165) is 11.3 Å². The zero-order valence-corrected chi connectivity index (χ0v) is 17.5. The number of nitrogens with zero attached hydrogens (tertiary/aromatic N) is 1. The van der Waals surface area contributed by atoms with Gasteiger partial charge in [-0.1, -0.05) is 35.9 Å². The summed E-state index contributed by atoms with van der Waals surface area (Å²) in [7, 11) is 1.61. The first-order valence-corrected chi connectivity index (χ1v) is 10.0. The number of carbonyl (C=O) groups is 2. The Morgan fingerprint density at radius 1 is 1.00 bits per heavy atom. The summed E-state index contributed by atoms with van der Waals surface area (Å²) in [5, 5.41) is 5.97. The Balaban J connectivity index is 1.63. The van der Waals surface area contributed by atoms with Gasteiger partial charge in [-0.15, -0.1) is 0 Å². The van der Waals surface area contributed by atoms with Crippen molar-refractivity contribution in [3.63, 3.8) is 0 Å². The van der Waals surface area contributed by atoms with Crippen molar-refractivity contribution in [2.24, 2.45) is 0 Å². The fourth-order valence-electron chi connectivity index (χ4n) is 3.04. The van der Waals surface area contributed by atoms with Crippen LogP contribution in [-0.2, 0) is 17.9 Å². The molecule has 2 N–H and O–H groups in total. The van der Waals surface area contributed by atoms with Gasteiger partial charge in [-0.25, -0.2) is 0 Å². The molecule has 0 radical (unpaired) electrons. The molecule has 1 heterocycles. The summed E-state index contributed by atoms with van der Waals surface area (Å²) < 4.78 is 5.47. The first-order chi connectivity index (χ1) is 14.5. The van der Waals surface area contributed by atoms with E-state index in [0.29, 0.717) is 42.3 Å². The molecule has 0 aliphatic heterocycles. The quantitative estimate of drug-likeness (QED) is 0.535. The lowest BCUT2D eigenvalue weighted by Crippen LogP contribution is -2.27. The molecule has 0 saturated carbocycles. The first kappa shape index (κ1) is 21.6. The largest absolute Gasteiger partial charge is 0.468 e. The van der Waals surface area contributed by atoms with Crippen LogP contribution in [0.2, 0.25) is 5.02 Å². The van der Waals surface area contributed by atoms with E-state index in [1.165, 1.54) is 0 Å². The highest BCUT2D eigenvalue weighted by atomic mass is 35.5. The van der Waals surface area contributed by atoms with Gasteiger partial charge in [0.25, 0.3) is 5.91 Å². The third kappa shape index (κ3) is 6.20. The monoisotopic (exact) mass is 425 g/mol. The minimum absolute atomic E-state index is 0.109. The summed E-state index contributed by atoms with van der Waals surface area (Å²) in [6, 6.07) is 18.3. The Labute approximate surface area is 180 Å². The van der Waals surface area contributed by atoms with E-state index in [-0.39, 0.29) is 11.8 Å². The number of rotatable bonds is 9. The third-order valence-corrected chi connectivity index (χ3v) is 4.94. The summed E-state index contributed by atoms with van der Waals surface area (Å²) in [4.78, 5) is 26.3. The zero-order valence-electron chi connectivity index (χ0n) is 16.7. The van der Waals surface area contributed by atoms with E-state index in [9.17, 15) is 9.59 Å². The van der Waals surface area contributed by atoms with Crippen LogP contribution in [0.3, 0.4) is 0 Å². The maximum atomic E-state index is 12.4. The van der Waals surface area contributed by atoms with Crippen LogP contribution in [0.1, 0.15) is 28.1 Å². The van der Waals surface area contributed by atoms with E-state index >= 15 is 0 Å². The number of nitrogens with one attached hydrogen (secondary N) is 2. The molecule has 156 valence electrons. The van der Waals surface area contributed by atoms with Crippen molar-refractivity contribution < 1.29 is 14.0 Å². The van der Waals surface area contributed by atoms with Crippen LogP contribution in [0.25, 0.3) is 0 Å². The van der Waals surface area contributed by atoms with Crippen LogP contribution >= 0.6 is 11.6 Å². The molecule has 3 rings (SSSR count). The standard InChI is InChI=1S/C23H24ClN3O3/c1-25-23(29)18-10-8-17(9-11-18)15-27(16-19-5-4-14-30-19)13-12-22(28)26-21-7-3-2-6-20(21)24/h2-11,14H,12-13,15-16H2,1H3,(H,25,29)(H,26,28). The van der Waals surface area contributed by atoms with E-state index in [1.807, 2.05) is 36.4 Å². The van der Waals surface area contributed by atoms with Crippen molar-refractivity contribution in [3.8, 4) is 0 Å². The summed E-state index contributed by atoms with van der Waals surface area (Å²) >= 11 is 6.11. The molecule has 0 unspecified atom stereocenters. The summed E-state index contributed by atoms with van der Waals surface area (Å²) in [5.41, 5.74) is 2.25. The average molecular weight is 426 g/mol. The Morgan fingerprint density at radius 3 is 2.43 bits per heavy atom. The number of carbonyl (C=O) groups excluding carboxylic acids is 2. The maximum absolute atomic E-state index is 12.4. The topological polar surface area (TPSA) is 74.6 Å². The predicted octanol–water partition coefficient (Wildman–Crippen LogP) is 4.32. The van der Waals surface area contributed by atoms with E-state index in [1.54, 1.807) is 37.6 Å². The van der Waals surface area contributed by atoms with Gasteiger partial charge in [-0.3, -0.25) is 14.5 Å². The Kier molecular flexibility index (Phi) is 7.65. The second-order valence-corrected chi connectivity index (χ2v) is 7.25. The molecule has 0 fully saturated rings. The van der Waals surface area contributed by atoms with Crippen molar-refractivity contribution >= 4 is 29.1 Å². The summed E-state index contributed by atoms with van der Waals surface area (Å²) in [6.07, 6.45) is 1.94. The minimum atomic E-state index is -0.120. The van der Waals surface area contributed by atoms with Crippen molar-refractivity contribution in [1.82, 2.24) is 10.2 Å². The van der Waals surface area contributed by atoms with Gasteiger partial charge in [0.05, 0.1) is 23.5 Å². The van der Waals surface area contributed by atoms with Crippen LogP contribution in [-0.4, -0.2) is 30.3 Å².